The number of nitrogen functional groups attached to an aromatic ring is 1. The average molecular weight is 436 g/mol. The molecule has 1 fully saturated rings. The number of nitrogens with one attached hydrogen (secondary N) is 2. The maximum atomic E-state index is 12.4. The maximum absolute atomic E-state index is 12.4. The molecule has 1 aliphatic heterocycles. The van der Waals surface area contributed by atoms with Crippen molar-refractivity contribution in [3.05, 3.63) is 60.3 Å². The molecule has 5 rings (SSSR count). The predicted octanol–water partition coefficient (Wildman–Crippen LogP) is 4.08. The molecule has 32 heavy (non-hydrogen) atoms. The van der Waals surface area contributed by atoms with Gasteiger partial charge in [0.2, 0.25) is 0 Å². The van der Waals surface area contributed by atoms with E-state index in [1.807, 2.05) is 36.4 Å². The zero-order chi connectivity index (χ0) is 21.9. The third-order valence-corrected chi connectivity index (χ3v) is 5.77. The quantitative estimate of drug-likeness (QED) is 0.421. The first-order valence-electron chi connectivity index (χ1n) is 10.9. The number of nitrogens with zero attached hydrogens (tertiary/aromatic N) is 4. The molecule has 3 heterocycles. The monoisotopic (exact) mass is 435 g/mol. The van der Waals surface area contributed by atoms with Crippen molar-refractivity contribution in [1.29, 1.82) is 0 Å². The number of imidazole rings is 1. The second-order valence-corrected chi connectivity index (χ2v) is 7.97. The highest BCUT2D eigenvalue weighted by Crippen LogP contribution is 2.26. The summed E-state index contributed by atoms with van der Waals surface area (Å²) < 4.78 is 0. The number of nitrogens with two attached hydrogens (primary N) is 1. The van der Waals surface area contributed by atoms with Crippen LogP contribution in [0.4, 0.5) is 5.82 Å². The predicted molar refractivity (Wildman–Crippen MR) is 133 cm³/mol. The first-order chi connectivity index (χ1) is 15.7. The number of rotatable bonds is 6. The Morgan fingerprint density at radius 3 is 2.66 bits per heavy atom. The molecule has 4 aromatic rings. The average Bonchev–Trinajstić information content (AvgIpc) is 3.49. The van der Waals surface area contributed by atoms with Gasteiger partial charge in [0.1, 0.15) is 5.69 Å². The van der Waals surface area contributed by atoms with E-state index in [1.54, 1.807) is 18.3 Å². The highest BCUT2D eigenvalue weighted by Gasteiger charge is 2.14. The van der Waals surface area contributed by atoms with Crippen LogP contribution < -0.4 is 11.1 Å². The van der Waals surface area contributed by atoms with Crippen LogP contribution in [-0.4, -0.2) is 56.9 Å². The number of carbonyl (C=O) groups is 1. The van der Waals surface area contributed by atoms with Crippen molar-refractivity contribution < 1.29 is 10.5 Å². The molecule has 170 valence electrons. The number of para-hydroxylation sites is 2. The molecule has 4 N–H and O–H groups in total. The Bertz CT molecular complexity index is 1230. The lowest BCUT2D eigenvalue weighted by atomic mass is 10.1. The summed E-state index contributed by atoms with van der Waals surface area (Å²) in [4.78, 5) is 31.6. The number of H-pyrrole nitrogens is 1. The van der Waals surface area contributed by atoms with Crippen LogP contribution in [0.25, 0.3) is 33.8 Å². The van der Waals surface area contributed by atoms with Crippen molar-refractivity contribution in [3.63, 3.8) is 0 Å². The van der Waals surface area contributed by atoms with Crippen LogP contribution in [0.2, 0.25) is 0 Å². The fraction of sp³-hybridized carbons (Fsp3) is 0.250. The van der Waals surface area contributed by atoms with Gasteiger partial charge in [0, 0.05) is 29.9 Å². The number of hydrogen-bond donors (Lipinski definition) is 3. The number of likely N-dealkylation sites (tertiary alicyclic amines) is 1. The smallest absolute Gasteiger partial charge is 0.251 e. The van der Waals surface area contributed by atoms with Gasteiger partial charge in [0.05, 0.1) is 22.9 Å². The number of carbonyl (C=O) groups excluding carboxylic acids is 1. The van der Waals surface area contributed by atoms with Gasteiger partial charge in [-0.15, -0.1) is 0 Å². The van der Waals surface area contributed by atoms with E-state index in [0.717, 1.165) is 36.2 Å². The largest absolute Gasteiger partial charge is 0.382 e. The Morgan fingerprint density at radius 1 is 1.09 bits per heavy atom. The molecule has 0 saturated carbocycles. The van der Waals surface area contributed by atoms with Crippen LogP contribution >= 0.6 is 0 Å². The van der Waals surface area contributed by atoms with E-state index in [9.17, 15) is 4.79 Å². The molecule has 1 amide bonds. The van der Waals surface area contributed by atoms with Crippen LogP contribution in [0.5, 0.6) is 0 Å². The molecule has 0 radical (unpaired) electrons. The number of anilines is 1. The molecule has 0 atom stereocenters. The standard InChI is InChI=1S/C24H25N7O.4H2/c25-22-21(23-29-18-5-1-2-6-19(18)30-23)28-20(15-27-22)16-7-9-17(10-8-16)24(32)26-11-14-31-12-3-4-13-31;;;;/h1-2,5-10,15H,3-4,11-14H2,(H2,25,27)(H,26,32)(H,29,30);4*1H. The Hall–Kier alpha value is -3.78. The molecule has 2 aromatic heterocycles. The Balaban J connectivity index is 0.00000162. The van der Waals surface area contributed by atoms with Gasteiger partial charge < -0.3 is 20.9 Å². The molecule has 0 bridgehead atoms. The molecule has 0 aliphatic carbocycles. The molecule has 8 heteroatoms. The first-order valence-corrected chi connectivity index (χ1v) is 10.9. The Morgan fingerprint density at radius 2 is 1.88 bits per heavy atom. The summed E-state index contributed by atoms with van der Waals surface area (Å²) in [6.45, 7) is 3.81. The normalized spacial score (nSPS) is 14.1. The van der Waals surface area contributed by atoms with Gasteiger partial charge in [0.25, 0.3) is 5.91 Å². The topological polar surface area (TPSA) is 113 Å². The third kappa shape index (κ3) is 4.17. The van der Waals surface area contributed by atoms with E-state index >= 15 is 0 Å². The van der Waals surface area contributed by atoms with Crippen LogP contribution in [0.3, 0.4) is 0 Å². The maximum Gasteiger partial charge on any atom is 0.251 e. The second kappa shape index (κ2) is 8.76. The van der Waals surface area contributed by atoms with Crippen LogP contribution in [0.1, 0.15) is 28.9 Å². The highest BCUT2D eigenvalue weighted by molar-refractivity contribution is 5.94. The fourth-order valence-electron chi connectivity index (χ4n) is 4.00. The van der Waals surface area contributed by atoms with Crippen molar-refractivity contribution in [3.8, 4) is 22.8 Å². The number of amides is 1. The van der Waals surface area contributed by atoms with Gasteiger partial charge in [-0.2, -0.15) is 0 Å². The van der Waals surface area contributed by atoms with E-state index < -0.39 is 0 Å². The Labute approximate surface area is 191 Å². The minimum Gasteiger partial charge on any atom is -0.382 e. The van der Waals surface area contributed by atoms with E-state index in [1.165, 1.54) is 12.8 Å². The van der Waals surface area contributed by atoms with Crippen molar-refractivity contribution >= 4 is 22.8 Å². The van der Waals surface area contributed by atoms with Crippen LogP contribution in [-0.2, 0) is 0 Å². The molecule has 2 aromatic carbocycles. The van der Waals surface area contributed by atoms with E-state index in [2.05, 4.69) is 30.2 Å². The number of aromatic amines is 1. The van der Waals surface area contributed by atoms with E-state index in [4.69, 9.17) is 5.73 Å². The van der Waals surface area contributed by atoms with Gasteiger partial charge in [-0.25, -0.2) is 15.0 Å². The minimum absolute atomic E-state index is 0. The molecule has 8 nitrogen and oxygen atoms in total. The summed E-state index contributed by atoms with van der Waals surface area (Å²) in [5.74, 6) is 0.816. The lowest BCUT2D eigenvalue weighted by Crippen LogP contribution is -2.33. The lowest BCUT2D eigenvalue weighted by molar-refractivity contribution is 0.0950. The van der Waals surface area contributed by atoms with E-state index in [0.29, 0.717) is 35.1 Å². The zero-order valence-corrected chi connectivity index (χ0v) is 17.7. The second-order valence-electron chi connectivity index (χ2n) is 7.97. The third-order valence-electron chi connectivity index (χ3n) is 5.77. The first kappa shape index (κ1) is 20.1. The zero-order valence-electron chi connectivity index (χ0n) is 17.7. The summed E-state index contributed by atoms with van der Waals surface area (Å²) in [6, 6.07) is 15.1. The SMILES string of the molecule is Nc1ncc(-c2ccc(C(=O)NCCN3CCCC3)cc2)nc1-c1nc2ccccc2[nH]1.[HH].[HH].[HH].[HH]. The molecular formula is C24H33N7O. The molecule has 0 unspecified atom stereocenters. The van der Waals surface area contributed by atoms with E-state index in [-0.39, 0.29) is 11.6 Å². The number of aromatic nitrogens is 4. The van der Waals surface area contributed by atoms with Gasteiger partial charge >= 0.3 is 0 Å². The van der Waals surface area contributed by atoms with Crippen molar-refractivity contribution in [2.24, 2.45) is 0 Å². The summed E-state index contributed by atoms with van der Waals surface area (Å²) >= 11 is 0. The van der Waals surface area contributed by atoms with Crippen LogP contribution in [0, 0.1) is 0 Å². The lowest BCUT2D eigenvalue weighted by Gasteiger charge is -2.14. The van der Waals surface area contributed by atoms with Crippen molar-refractivity contribution in [2.45, 2.75) is 12.8 Å². The van der Waals surface area contributed by atoms with Gasteiger partial charge in [-0.3, -0.25) is 4.79 Å². The summed E-state index contributed by atoms with van der Waals surface area (Å²) in [5.41, 5.74) is 10.5. The fourth-order valence-corrected chi connectivity index (χ4v) is 4.00. The van der Waals surface area contributed by atoms with Gasteiger partial charge in [-0.05, 0) is 50.2 Å². The highest BCUT2D eigenvalue weighted by atomic mass is 16.1. The Kier molecular flexibility index (Phi) is 5.51. The molecular weight excluding hydrogens is 402 g/mol. The molecule has 1 saturated heterocycles. The van der Waals surface area contributed by atoms with Gasteiger partial charge in [0.15, 0.2) is 11.6 Å². The van der Waals surface area contributed by atoms with Crippen molar-refractivity contribution in [2.75, 3.05) is 31.9 Å². The summed E-state index contributed by atoms with van der Waals surface area (Å²) in [6.07, 6.45) is 4.13. The number of benzene rings is 2. The van der Waals surface area contributed by atoms with Crippen molar-refractivity contribution in [1.82, 2.24) is 30.2 Å². The minimum atomic E-state index is -0.0675. The van der Waals surface area contributed by atoms with Gasteiger partial charge in [-0.1, -0.05) is 24.3 Å². The number of hydrogen-bond acceptors (Lipinski definition) is 6. The molecule has 1 aliphatic rings. The summed E-state index contributed by atoms with van der Waals surface area (Å²) in [7, 11) is 0. The number of fused-ring (bicyclic) bond motifs is 1. The van der Waals surface area contributed by atoms with Crippen LogP contribution in [0.15, 0.2) is 54.7 Å². The summed E-state index contributed by atoms with van der Waals surface area (Å²) in [5, 5.41) is 3.00. The molecule has 0 spiro atoms.